The number of hydrogen-bond donors (Lipinski definition) is 3. The molecule has 0 atom stereocenters. The van der Waals surface area contributed by atoms with Gasteiger partial charge in [0.1, 0.15) is 17.5 Å². The summed E-state index contributed by atoms with van der Waals surface area (Å²) in [4.78, 5) is 30.8. The van der Waals surface area contributed by atoms with Gasteiger partial charge in [0.25, 0.3) is 5.91 Å². The van der Waals surface area contributed by atoms with E-state index in [4.69, 9.17) is 17.3 Å². The highest BCUT2D eigenvalue weighted by Crippen LogP contribution is 2.22. The van der Waals surface area contributed by atoms with Crippen LogP contribution in [0.15, 0.2) is 61.1 Å². The standard InChI is InChI=1S/C27H29ClN8O/c1-35-8-10-36(11-9-35)24-13-19(4-6-30-24)15-32-26-23(14-21(28)17-33-26)27(37)34-16-18-2-3-22-20(12-18)5-7-31-25(22)29/h2-7,12-14,17H,8-11,15-16H2,1H3,(H2,29,31)(H,32,33)(H,34,37). The molecule has 1 aliphatic rings. The summed E-state index contributed by atoms with van der Waals surface area (Å²) in [6, 6.07) is 13.4. The fourth-order valence-corrected chi connectivity index (χ4v) is 4.51. The minimum Gasteiger partial charge on any atom is -0.383 e. The Balaban J connectivity index is 1.26. The van der Waals surface area contributed by atoms with Crippen LogP contribution in [-0.4, -0.2) is 59.0 Å². The van der Waals surface area contributed by atoms with Crippen molar-refractivity contribution in [1.82, 2.24) is 25.2 Å². The lowest BCUT2D eigenvalue weighted by Gasteiger charge is -2.33. The molecular weight excluding hydrogens is 488 g/mol. The Labute approximate surface area is 220 Å². The molecule has 190 valence electrons. The first-order valence-electron chi connectivity index (χ1n) is 12.2. The fourth-order valence-electron chi connectivity index (χ4n) is 4.36. The number of fused-ring (bicyclic) bond motifs is 1. The van der Waals surface area contributed by atoms with Crippen molar-refractivity contribution in [3.05, 3.63) is 82.8 Å². The highest BCUT2D eigenvalue weighted by Gasteiger charge is 2.17. The lowest BCUT2D eigenvalue weighted by Crippen LogP contribution is -2.44. The summed E-state index contributed by atoms with van der Waals surface area (Å²) in [7, 11) is 2.13. The van der Waals surface area contributed by atoms with Crippen molar-refractivity contribution in [3.63, 3.8) is 0 Å². The predicted octanol–water partition coefficient (Wildman–Crippen LogP) is 3.55. The third kappa shape index (κ3) is 5.90. The molecule has 37 heavy (non-hydrogen) atoms. The Morgan fingerprint density at radius 3 is 2.59 bits per heavy atom. The van der Waals surface area contributed by atoms with E-state index in [1.54, 1.807) is 12.3 Å². The Bertz CT molecular complexity index is 1420. The van der Waals surface area contributed by atoms with E-state index in [1.165, 1.54) is 6.20 Å². The van der Waals surface area contributed by atoms with Crippen LogP contribution in [0.3, 0.4) is 0 Å². The number of hydrogen-bond acceptors (Lipinski definition) is 8. The molecule has 0 radical (unpaired) electrons. The van der Waals surface area contributed by atoms with E-state index in [-0.39, 0.29) is 5.91 Å². The van der Waals surface area contributed by atoms with Crippen LogP contribution in [0.5, 0.6) is 0 Å². The first-order chi connectivity index (χ1) is 18.0. The van der Waals surface area contributed by atoms with Gasteiger partial charge < -0.3 is 26.2 Å². The molecule has 0 unspecified atom stereocenters. The number of halogens is 1. The van der Waals surface area contributed by atoms with E-state index < -0.39 is 0 Å². The van der Waals surface area contributed by atoms with E-state index in [0.717, 1.165) is 53.9 Å². The number of aromatic nitrogens is 3. The Morgan fingerprint density at radius 1 is 0.973 bits per heavy atom. The molecule has 0 saturated carbocycles. The number of anilines is 3. The minimum absolute atomic E-state index is 0.264. The first kappa shape index (κ1) is 24.7. The van der Waals surface area contributed by atoms with Crippen molar-refractivity contribution in [2.24, 2.45) is 0 Å². The first-order valence-corrected chi connectivity index (χ1v) is 12.5. The maximum absolute atomic E-state index is 13.1. The van der Waals surface area contributed by atoms with Crippen LogP contribution in [0, 0.1) is 0 Å². The van der Waals surface area contributed by atoms with Crippen LogP contribution in [0.2, 0.25) is 5.02 Å². The molecule has 0 bridgehead atoms. The summed E-state index contributed by atoms with van der Waals surface area (Å²) in [6.07, 6.45) is 5.03. The van der Waals surface area contributed by atoms with Gasteiger partial charge in [-0.25, -0.2) is 15.0 Å². The number of carbonyl (C=O) groups is 1. The molecule has 4 N–H and O–H groups in total. The average molecular weight is 517 g/mol. The average Bonchev–Trinajstić information content (AvgIpc) is 2.91. The second-order valence-corrected chi connectivity index (χ2v) is 9.59. The van der Waals surface area contributed by atoms with E-state index in [2.05, 4.69) is 48.5 Å². The number of amides is 1. The fraction of sp³-hybridized carbons (Fsp3) is 0.259. The van der Waals surface area contributed by atoms with Crippen molar-refractivity contribution >= 4 is 45.7 Å². The zero-order valence-corrected chi connectivity index (χ0v) is 21.4. The van der Waals surface area contributed by atoms with Gasteiger partial charge in [0, 0.05) is 63.2 Å². The highest BCUT2D eigenvalue weighted by atomic mass is 35.5. The van der Waals surface area contributed by atoms with Gasteiger partial charge in [-0.2, -0.15) is 0 Å². The molecule has 4 heterocycles. The Kier molecular flexibility index (Phi) is 7.34. The molecule has 9 nitrogen and oxygen atoms in total. The second kappa shape index (κ2) is 11.0. The molecule has 1 saturated heterocycles. The number of pyridine rings is 3. The molecule has 1 amide bonds. The van der Waals surface area contributed by atoms with Gasteiger partial charge in [0.15, 0.2) is 0 Å². The highest BCUT2D eigenvalue weighted by molar-refractivity contribution is 6.31. The SMILES string of the molecule is CN1CCN(c2cc(CNc3ncc(Cl)cc3C(=O)NCc3ccc4c(N)nccc4c3)ccn2)CC1. The third-order valence-corrected chi connectivity index (χ3v) is 6.72. The monoisotopic (exact) mass is 516 g/mol. The number of nitrogens with two attached hydrogens (primary N) is 1. The molecule has 1 fully saturated rings. The molecule has 3 aromatic heterocycles. The predicted molar refractivity (Wildman–Crippen MR) is 148 cm³/mol. The Morgan fingerprint density at radius 2 is 1.76 bits per heavy atom. The van der Waals surface area contributed by atoms with Crippen LogP contribution in [-0.2, 0) is 13.1 Å². The lowest BCUT2D eigenvalue weighted by atomic mass is 10.1. The molecule has 4 aromatic rings. The third-order valence-electron chi connectivity index (χ3n) is 6.51. The quantitative estimate of drug-likeness (QED) is 0.342. The molecule has 5 rings (SSSR count). The van der Waals surface area contributed by atoms with Gasteiger partial charge >= 0.3 is 0 Å². The normalized spacial score (nSPS) is 14.1. The topological polar surface area (TPSA) is 112 Å². The van der Waals surface area contributed by atoms with E-state index in [0.29, 0.717) is 35.3 Å². The van der Waals surface area contributed by atoms with E-state index in [1.807, 2.05) is 36.5 Å². The number of rotatable bonds is 7. The van der Waals surface area contributed by atoms with Crippen LogP contribution in [0.25, 0.3) is 10.8 Å². The number of nitrogens with zero attached hydrogens (tertiary/aromatic N) is 5. The zero-order valence-electron chi connectivity index (χ0n) is 20.6. The summed E-state index contributed by atoms with van der Waals surface area (Å²) in [5.41, 5.74) is 8.33. The van der Waals surface area contributed by atoms with E-state index in [9.17, 15) is 4.79 Å². The van der Waals surface area contributed by atoms with Crippen molar-refractivity contribution < 1.29 is 4.79 Å². The van der Waals surface area contributed by atoms with Crippen LogP contribution in [0.1, 0.15) is 21.5 Å². The van der Waals surface area contributed by atoms with Gasteiger partial charge in [0.2, 0.25) is 0 Å². The summed E-state index contributed by atoms with van der Waals surface area (Å²) in [6.45, 7) is 4.78. The lowest BCUT2D eigenvalue weighted by molar-refractivity contribution is 0.0951. The summed E-state index contributed by atoms with van der Waals surface area (Å²) >= 11 is 6.19. The largest absolute Gasteiger partial charge is 0.383 e. The minimum atomic E-state index is -0.264. The van der Waals surface area contributed by atoms with Gasteiger partial charge in [-0.1, -0.05) is 23.7 Å². The molecule has 0 spiro atoms. The van der Waals surface area contributed by atoms with Crippen molar-refractivity contribution in [1.29, 1.82) is 0 Å². The molecule has 1 aromatic carbocycles. The number of nitrogens with one attached hydrogen (secondary N) is 2. The van der Waals surface area contributed by atoms with Crippen molar-refractivity contribution in [2.45, 2.75) is 13.1 Å². The summed E-state index contributed by atoms with van der Waals surface area (Å²) < 4.78 is 0. The van der Waals surface area contributed by atoms with Crippen LogP contribution >= 0.6 is 11.6 Å². The molecule has 0 aliphatic carbocycles. The van der Waals surface area contributed by atoms with Crippen LogP contribution < -0.4 is 21.3 Å². The maximum Gasteiger partial charge on any atom is 0.255 e. The number of benzene rings is 1. The number of piperazine rings is 1. The summed E-state index contributed by atoms with van der Waals surface area (Å²) in [5.74, 6) is 1.65. The smallest absolute Gasteiger partial charge is 0.255 e. The van der Waals surface area contributed by atoms with Gasteiger partial charge in [-0.15, -0.1) is 0 Å². The van der Waals surface area contributed by atoms with Crippen molar-refractivity contribution in [3.8, 4) is 0 Å². The second-order valence-electron chi connectivity index (χ2n) is 9.15. The molecule has 10 heteroatoms. The van der Waals surface area contributed by atoms with Gasteiger partial charge in [-0.3, -0.25) is 4.79 Å². The van der Waals surface area contributed by atoms with E-state index >= 15 is 0 Å². The van der Waals surface area contributed by atoms with Gasteiger partial charge in [-0.05, 0) is 53.9 Å². The number of carbonyl (C=O) groups excluding carboxylic acids is 1. The number of likely N-dealkylation sites (N-methyl/N-ethyl adjacent to an activating group) is 1. The number of nitrogen functional groups attached to an aromatic ring is 1. The van der Waals surface area contributed by atoms with Crippen molar-refractivity contribution in [2.75, 3.05) is 49.2 Å². The molecule has 1 aliphatic heterocycles. The van der Waals surface area contributed by atoms with Crippen LogP contribution in [0.4, 0.5) is 17.5 Å². The zero-order chi connectivity index (χ0) is 25.8. The summed E-state index contributed by atoms with van der Waals surface area (Å²) in [5, 5.41) is 8.52. The van der Waals surface area contributed by atoms with Gasteiger partial charge in [0.05, 0.1) is 10.6 Å². The maximum atomic E-state index is 13.1. The molecular formula is C27H29ClN8O. The Hall–Kier alpha value is -3.95.